The number of nitrogens with one attached hydrogen (secondary N) is 1. The molecule has 0 saturated heterocycles. The lowest BCUT2D eigenvalue weighted by Crippen LogP contribution is -2.13. The second-order valence-electron chi connectivity index (χ2n) is 4.47. The SMILES string of the molecule is Fc1cccc(F)c1-c1cccc2c1NCCC2. The molecule has 0 atom stereocenters. The zero-order chi connectivity index (χ0) is 12.5. The van der Waals surface area contributed by atoms with Gasteiger partial charge in [-0.2, -0.15) is 0 Å². The standard InChI is InChI=1S/C15H13F2N/c16-12-7-2-8-13(17)14(12)11-6-1-4-10-5-3-9-18-15(10)11/h1-2,4,6-8,18H,3,5,9H2. The van der Waals surface area contributed by atoms with E-state index in [1.54, 1.807) is 6.07 Å². The molecule has 0 saturated carbocycles. The van der Waals surface area contributed by atoms with Crippen LogP contribution in [0.5, 0.6) is 0 Å². The third-order valence-corrected chi connectivity index (χ3v) is 3.31. The maximum atomic E-state index is 13.8. The van der Waals surface area contributed by atoms with Gasteiger partial charge in [-0.05, 0) is 30.5 Å². The summed E-state index contributed by atoms with van der Waals surface area (Å²) in [6.07, 6.45) is 2.00. The van der Waals surface area contributed by atoms with Crippen molar-refractivity contribution in [1.82, 2.24) is 0 Å². The lowest BCUT2D eigenvalue weighted by Gasteiger charge is -2.21. The highest BCUT2D eigenvalue weighted by Gasteiger charge is 2.18. The van der Waals surface area contributed by atoms with Crippen molar-refractivity contribution < 1.29 is 8.78 Å². The third-order valence-electron chi connectivity index (χ3n) is 3.31. The smallest absolute Gasteiger partial charge is 0.134 e. The Labute approximate surface area is 104 Å². The quantitative estimate of drug-likeness (QED) is 0.801. The van der Waals surface area contributed by atoms with E-state index in [0.717, 1.165) is 30.6 Å². The molecule has 3 heteroatoms. The van der Waals surface area contributed by atoms with E-state index in [0.29, 0.717) is 5.56 Å². The predicted octanol–water partition coefficient (Wildman–Crippen LogP) is 3.99. The number of rotatable bonds is 1. The van der Waals surface area contributed by atoms with Crippen LogP contribution in [0, 0.1) is 11.6 Å². The molecule has 1 aliphatic rings. The molecule has 1 N–H and O–H groups in total. The Balaban J connectivity index is 2.23. The van der Waals surface area contributed by atoms with Crippen LogP contribution in [0.1, 0.15) is 12.0 Å². The second-order valence-corrected chi connectivity index (χ2v) is 4.47. The van der Waals surface area contributed by atoms with E-state index >= 15 is 0 Å². The lowest BCUT2D eigenvalue weighted by molar-refractivity contribution is 0.589. The van der Waals surface area contributed by atoms with E-state index in [1.165, 1.54) is 18.2 Å². The van der Waals surface area contributed by atoms with Gasteiger partial charge in [0.1, 0.15) is 11.6 Å². The first-order valence-corrected chi connectivity index (χ1v) is 6.07. The van der Waals surface area contributed by atoms with E-state index in [-0.39, 0.29) is 5.56 Å². The summed E-state index contributed by atoms with van der Waals surface area (Å²) in [5.41, 5.74) is 2.67. The minimum absolute atomic E-state index is 0.0590. The van der Waals surface area contributed by atoms with Gasteiger partial charge in [-0.25, -0.2) is 8.78 Å². The molecule has 3 rings (SSSR count). The van der Waals surface area contributed by atoms with Crippen molar-refractivity contribution in [3.63, 3.8) is 0 Å². The molecule has 1 heterocycles. The fraction of sp³-hybridized carbons (Fsp3) is 0.200. The molecule has 0 unspecified atom stereocenters. The average molecular weight is 245 g/mol. The van der Waals surface area contributed by atoms with E-state index in [9.17, 15) is 8.78 Å². The zero-order valence-corrected chi connectivity index (χ0v) is 9.84. The maximum absolute atomic E-state index is 13.8. The molecule has 0 spiro atoms. The number of para-hydroxylation sites is 1. The van der Waals surface area contributed by atoms with Crippen molar-refractivity contribution in [3.8, 4) is 11.1 Å². The first-order valence-electron chi connectivity index (χ1n) is 6.07. The molecule has 0 radical (unpaired) electrons. The topological polar surface area (TPSA) is 12.0 Å². The maximum Gasteiger partial charge on any atom is 0.134 e. The predicted molar refractivity (Wildman–Crippen MR) is 68.6 cm³/mol. The molecule has 0 bridgehead atoms. The molecule has 1 nitrogen and oxygen atoms in total. The molecule has 0 fully saturated rings. The van der Waals surface area contributed by atoms with Crippen LogP contribution in [0.2, 0.25) is 0 Å². The van der Waals surface area contributed by atoms with Crippen LogP contribution in [-0.2, 0) is 6.42 Å². The number of aryl methyl sites for hydroxylation is 1. The molecule has 2 aromatic carbocycles. The number of halogens is 2. The highest BCUT2D eigenvalue weighted by molar-refractivity contribution is 5.81. The lowest BCUT2D eigenvalue weighted by atomic mass is 9.95. The number of hydrogen-bond donors (Lipinski definition) is 1. The van der Waals surface area contributed by atoms with Crippen LogP contribution in [0.25, 0.3) is 11.1 Å². The Morgan fingerprint density at radius 1 is 0.944 bits per heavy atom. The van der Waals surface area contributed by atoms with Crippen molar-refractivity contribution in [2.75, 3.05) is 11.9 Å². The Kier molecular flexibility index (Phi) is 2.74. The first kappa shape index (κ1) is 11.2. The van der Waals surface area contributed by atoms with E-state index in [2.05, 4.69) is 5.32 Å². The first-order chi connectivity index (χ1) is 8.77. The van der Waals surface area contributed by atoms with Crippen LogP contribution in [0.4, 0.5) is 14.5 Å². The van der Waals surface area contributed by atoms with Crippen molar-refractivity contribution in [2.45, 2.75) is 12.8 Å². The Morgan fingerprint density at radius 3 is 2.44 bits per heavy atom. The molecule has 2 aromatic rings. The van der Waals surface area contributed by atoms with Gasteiger partial charge in [-0.1, -0.05) is 24.3 Å². The van der Waals surface area contributed by atoms with Gasteiger partial charge in [0.05, 0.1) is 5.56 Å². The Bertz CT molecular complexity index is 573. The largest absolute Gasteiger partial charge is 0.384 e. The van der Waals surface area contributed by atoms with Crippen LogP contribution >= 0.6 is 0 Å². The molecule has 0 aromatic heterocycles. The molecular weight excluding hydrogens is 232 g/mol. The summed E-state index contributed by atoms with van der Waals surface area (Å²) < 4.78 is 27.7. The normalized spacial score (nSPS) is 13.9. The summed E-state index contributed by atoms with van der Waals surface area (Å²) in [7, 11) is 0. The van der Waals surface area contributed by atoms with E-state index < -0.39 is 11.6 Å². The molecule has 18 heavy (non-hydrogen) atoms. The van der Waals surface area contributed by atoms with Crippen LogP contribution < -0.4 is 5.32 Å². The fourth-order valence-electron chi connectivity index (χ4n) is 2.47. The van der Waals surface area contributed by atoms with E-state index in [1.807, 2.05) is 12.1 Å². The minimum Gasteiger partial charge on any atom is -0.384 e. The van der Waals surface area contributed by atoms with Crippen LogP contribution in [0.3, 0.4) is 0 Å². The van der Waals surface area contributed by atoms with Gasteiger partial charge in [-0.15, -0.1) is 0 Å². The summed E-state index contributed by atoms with van der Waals surface area (Å²) in [6, 6.07) is 9.59. The average Bonchev–Trinajstić information content (AvgIpc) is 2.39. The highest BCUT2D eigenvalue weighted by atomic mass is 19.1. The summed E-state index contributed by atoms with van der Waals surface area (Å²) in [6.45, 7) is 0.847. The van der Waals surface area contributed by atoms with Gasteiger partial charge in [0.2, 0.25) is 0 Å². The van der Waals surface area contributed by atoms with Crippen molar-refractivity contribution in [2.24, 2.45) is 0 Å². The molecule has 0 amide bonds. The van der Waals surface area contributed by atoms with Crippen molar-refractivity contribution >= 4 is 5.69 Å². The van der Waals surface area contributed by atoms with Gasteiger partial charge in [0.15, 0.2) is 0 Å². The molecule has 1 aliphatic heterocycles. The summed E-state index contributed by atoms with van der Waals surface area (Å²) >= 11 is 0. The van der Waals surface area contributed by atoms with Gasteiger partial charge in [0, 0.05) is 17.8 Å². The van der Waals surface area contributed by atoms with Crippen LogP contribution in [0.15, 0.2) is 36.4 Å². The monoisotopic (exact) mass is 245 g/mol. The summed E-state index contributed by atoms with van der Waals surface area (Å²) in [4.78, 5) is 0. The molecular formula is C15H13F2N. The fourth-order valence-corrected chi connectivity index (χ4v) is 2.47. The summed E-state index contributed by atoms with van der Waals surface area (Å²) in [5, 5.41) is 3.25. The third kappa shape index (κ3) is 1.76. The number of benzene rings is 2. The van der Waals surface area contributed by atoms with Crippen LogP contribution in [-0.4, -0.2) is 6.54 Å². The van der Waals surface area contributed by atoms with Gasteiger partial charge >= 0.3 is 0 Å². The minimum atomic E-state index is -0.518. The molecule has 92 valence electrons. The second kappa shape index (κ2) is 4.41. The number of fused-ring (bicyclic) bond motifs is 1. The van der Waals surface area contributed by atoms with Gasteiger partial charge in [0.25, 0.3) is 0 Å². The van der Waals surface area contributed by atoms with E-state index in [4.69, 9.17) is 0 Å². The zero-order valence-electron chi connectivity index (χ0n) is 9.84. The number of anilines is 1. The highest BCUT2D eigenvalue weighted by Crippen LogP contribution is 2.36. The molecule has 0 aliphatic carbocycles. The van der Waals surface area contributed by atoms with Crippen molar-refractivity contribution in [3.05, 3.63) is 53.6 Å². The summed E-state index contributed by atoms with van der Waals surface area (Å²) in [5.74, 6) is -1.04. The van der Waals surface area contributed by atoms with Gasteiger partial charge in [-0.3, -0.25) is 0 Å². The number of hydrogen-bond acceptors (Lipinski definition) is 1. The van der Waals surface area contributed by atoms with Gasteiger partial charge < -0.3 is 5.32 Å². The Morgan fingerprint density at radius 2 is 1.67 bits per heavy atom. The van der Waals surface area contributed by atoms with Crippen molar-refractivity contribution in [1.29, 1.82) is 0 Å². The Hall–Kier alpha value is -1.90.